The molecule has 0 saturated heterocycles. The lowest BCUT2D eigenvalue weighted by atomic mass is 9.95. The highest BCUT2D eigenvalue weighted by Crippen LogP contribution is 2.26. The Bertz CT molecular complexity index is 566. The van der Waals surface area contributed by atoms with Crippen LogP contribution in [0.25, 0.3) is 0 Å². The van der Waals surface area contributed by atoms with Gasteiger partial charge in [0, 0.05) is 0 Å². The molecule has 0 amide bonds. The van der Waals surface area contributed by atoms with Crippen LogP contribution in [0.1, 0.15) is 39.5 Å². The van der Waals surface area contributed by atoms with E-state index in [1.807, 2.05) is 74.5 Å². The van der Waals surface area contributed by atoms with Crippen molar-refractivity contribution in [3.05, 3.63) is 60.7 Å². The Morgan fingerprint density at radius 3 is 1.31 bits per heavy atom. The van der Waals surface area contributed by atoms with Crippen LogP contribution in [0.15, 0.2) is 60.7 Å². The van der Waals surface area contributed by atoms with Crippen molar-refractivity contribution in [3.63, 3.8) is 0 Å². The average molecular weight is 356 g/mol. The number of para-hydroxylation sites is 2. The van der Waals surface area contributed by atoms with Crippen LogP contribution in [-0.2, 0) is 9.47 Å². The van der Waals surface area contributed by atoms with E-state index < -0.39 is 0 Å². The third-order valence-corrected chi connectivity index (χ3v) is 4.48. The SMILES string of the molecule is CC(Oc1ccccc1)OC1CCC(OC(C)Oc2ccccc2)CC1. The molecule has 2 unspecified atom stereocenters. The van der Waals surface area contributed by atoms with E-state index >= 15 is 0 Å². The van der Waals surface area contributed by atoms with Crippen molar-refractivity contribution in [2.45, 2.75) is 64.3 Å². The van der Waals surface area contributed by atoms with Gasteiger partial charge in [-0.2, -0.15) is 0 Å². The third kappa shape index (κ3) is 6.04. The maximum absolute atomic E-state index is 6.04. The van der Waals surface area contributed by atoms with Gasteiger partial charge in [-0.25, -0.2) is 0 Å². The number of benzene rings is 2. The first-order chi connectivity index (χ1) is 12.7. The molecule has 0 radical (unpaired) electrons. The Morgan fingerprint density at radius 1 is 0.615 bits per heavy atom. The quantitative estimate of drug-likeness (QED) is 0.611. The van der Waals surface area contributed by atoms with Crippen LogP contribution in [-0.4, -0.2) is 24.8 Å². The zero-order valence-corrected chi connectivity index (χ0v) is 15.5. The number of hydrogen-bond acceptors (Lipinski definition) is 4. The Balaban J connectivity index is 1.36. The minimum Gasteiger partial charge on any atom is -0.465 e. The fraction of sp³-hybridized carbons (Fsp3) is 0.455. The van der Waals surface area contributed by atoms with Gasteiger partial charge in [0.15, 0.2) is 12.6 Å². The summed E-state index contributed by atoms with van der Waals surface area (Å²) in [6, 6.07) is 19.6. The largest absolute Gasteiger partial charge is 0.465 e. The van der Waals surface area contributed by atoms with Crippen LogP contribution in [0, 0.1) is 0 Å². The van der Waals surface area contributed by atoms with Gasteiger partial charge in [0.05, 0.1) is 12.2 Å². The Labute approximate surface area is 156 Å². The number of rotatable bonds is 8. The zero-order valence-electron chi connectivity index (χ0n) is 15.5. The van der Waals surface area contributed by atoms with E-state index in [1.54, 1.807) is 0 Å². The molecule has 0 aromatic heterocycles. The second kappa shape index (κ2) is 9.60. The molecule has 4 nitrogen and oxygen atoms in total. The Kier molecular flexibility index (Phi) is 6.92. The lowest BCUT2D eigenvalue weighted by Gasteiger charge is -2.31. The molecule has 1 fully saturated rings. The van der Waals surface area contributed by atoms with Crippen LogP contribution in [0.4, 0.5) is 0 Å². The molecule has 0 N–H and O–H groups in total. The van der Waals surface area contributed by atoms with E-state index in [2.05, 4.69) is 0 Å². The van der Waals surface area contributed by atoms with Crippen LogP contribution < -0.4 is 9.47 Å². The minimum atomic E-state index is -0.250. The van der Waals surface area contributed by atoms with Gasteiger partial charge < -0.3 is 18.9 Å². The van der Waals surface area contributed by atoms with Crippen molar-refractivity contribution in [1.29, 1.82) is 0 Å². The summed E-state index contributed by atoms with van der Waals surface area (Å²) in [4.78, 5) is 0. The minimum absolute atomic E-state index is 0.221. The third-order valence-electron chi connectivity index (χ3n) is 4.48. The van der Waals surface area contributed by atoms with Gasteiger partial charge in [0.2, 0.25) is 0 Å². The smallest absolute Gasteiger partial charge is 0.197 e. The van der Waals surface area contributed by atoms with Crippen LogP contribution in [0.3, 0.4) is 0 Å². The molecule has 140 valence electrons. The molecule has 2 aromatic rings. The first-order valence-electron chi connectivity index (χ1n) is 9.43. The fourth-order valence-electron chi connectivity index (χ4n) is 3.28. The second-order valence-electron chi connectivity index (χ2n) is 6.67. The lowest BCUT2D eigenvalue weighted by molar-refractivity contribution is -0.152. The lowest BCUT2D eigenvalue weighted by Crippen LogP contribution is -2.33. The average Bonchev–Trinajstić information content (AvgIpc) is 2.65. The molecule has 2 aromatic carbocycles. The number of hydrogen-bond donors (Lipinski definition) is 0. The van der Waals surface area contributed by atoms with Crippen molar-refractivity contribution in [1.82, 2.24) is 0 Å². The maximum atomic E-state index is 6.04. The van der Waals surface area contributed by atoms with Crippen molar-refractivity contribution in [2.24, 2.45) is 0 Å². The Hall–Kier alpha value is -2.04. The molecule has 26 heavy (non-hydrogen) atoms. The molecule has 1 saturated carbocycles. The van der Waals surface area contributed by atoms with Crippen molar-refractivity contribution in [2.75, 3.05) is 0 Å². The van der Waals surface area contributed by atoms with Crippen molar-refractivity contribution < 1.29 is 18.9 Å². The second-order valence-corrected chi connectivity index (χ2v) is 6.67. The van der Waals surface area contributed by atoms with E-state index in [1.165, 1.54) is 0 Å². The molecule has 0 bridgehead atoms. The maximum Gasteiger partial charge on any atom is 0.197 e. The van der Waals surface area contributed by atoms with Crippen LogP contribution in [0.2, 0.25) is 0 Å². The molecule has 4 heteroatoms. The molecule has 0 aliphatic heterocycles. The summed E-state index contributed by atoms with van der Waals surface area (Å²) < 4.78 is 23.7. The fourth-order valence-corrected chi connectivity index (χ4v) is 3.28. The van der Waals surface area contributed by atoms with Gasteiger partial charge >= 0.3 is 0 Å². The topological polar surface area (TPSA) is 36.9 Å². The van der Waals surface area contributed by atoms with Gasteiger partial charge in [-0.05, 0) is 63.8 Å². The molecular weight excluding hydrogens is 328 g/mol. The summed E-state index contributed by atoms with van der Waals surface area (Å²) in [5.41, 5.74) is 0. The van der Waals surface area contributed by atoms with E-state index in [-0.39, 0.29) is 24.8 Å². The molecular formula is C22H28O4. The van der Waals surface area contributed by atoms with E-state index in [4.69, 9.17) is 18.9 Å². The highest BCUT2D eigenvalue weighted by molar-refractivity contribution is 5.21. The highest BCUT2D eigenvalue weighted by atomic mass is 16.7. The Morgan fingerprint density at radius 2 is 0.962 bits per heavy atom. The normalized spacial score (nSPS) is 22.4. The van der Waals surface area contributed by atoms with Crippen LogP contribution >= 0.6 is 0 Å². The van der Waals surface area contributed by atoms with E-state index in [9.17, 15) is 0 Å². The summed E-state index contributed by atoms with van der Waals surface area (Å²) in [5, 5.41) is 0. The van der Waals surface area contributed by atoms with Gasteiger partial charge in [-0.15, -0.1) is 0 Å². The predicted octanol–water partition coefficient (Wildman–Crippen LogP) is 5.18. The van der Waals surface area contributed by atoms with E-state index in [0.717, 1.165) is 37.2 Å². The molecule has 1 aliphatic carbocycles. The summed E-state index contributed by atoms with van der Waals surface area (Å²) in [6.45, 7) is 3.90. The first-order valence-corrected chi connectivity index (χ1v) is 9.43. The van der Waals surface area contributed by atoms with Gasteiger partial charge in [0.25, 0.3) is 0 Å². The van der Waals surface area contributed by atoms with Crippen molar-refractivity contribution in [3.8, 4) is 11.5 Å². The molecule has 0 heterocycles. The van der Waals surface area contributed by atoms with E-state index in [0.29, 0.717) is 0 Å². The van der Waals surface area contributed by atoms with Gasteiger partial charge in [0.1, 0.15) is 11.5 Å². The monoisotopic (exact) mass is 356 g/mol. The summed E-state index contributed by atoms with van der Waals surface area (Å²) in [7, 11) is 0. The molecule has 0 spiro atoms. The van der Waals surface area contributed by atoms with Gasteiger partial charge in [-0.3, -0.25) is 0 Å². The van der Waals surface area contributed by atoms with Crippen molar-refractivity contribution >= 4 is 0 Å². The van der Waals surface area contributed by atoms with Gasteiger partial charge in [-0.1, -0.05) is 36.4 Å². The molecule has 2 atom stereocenters. The zero-order chi connectivity index (χ0) is 18.2. The molecule has 1 aliphatic rings. The molecule has 3 rings (SSSR count). The standard InChI is InChI=1S/C22H28O4/c1-17(23-19-9-5-3-6-10-19)25-21-13-15-22(16-14-21)26-18(2)24-20-11-7-4-8-12-20/h3-12,17-18,21-22H,13-16H2,1-2H3. The van der Waals surface area contributed by atoms with Crippen LogP contribution in [0.5, 0.6) is 11.5 Å². The predicted molar refractivity (Wildman–Crippen MR) is 101 cm³/mol. The summed E-state index contributed by atoms with van der Waals surface area (Å²) >= 11 is 0. The first kappa shape index (κ1) is 18.7. The summed E-state index contributed by atoms with van der Waals surface area (Å²) in [5.74, 6) is 1.67. The summed E-state index contributed by atoms with van der Waals surface area (Å²) in [6.07, 6.45) is 3.85. The highest BCUT2D eigenvalue weighted by Gasteiger charge is 2.25. The number of ether oxygens (including phenoxy) is 4.